The standard InChI is InChI=1S/C22H27N/c1-4-23-12-11-19-21(14-23)18-10-9-15(2)13-20(18)22(19)17-8-6-5-7-16(17)3/h5-10,13,19,21-22H,4,11-12,14H2,1-3H3/t19-,21-,22-/m1/s1. The van der Waals surface area contributed by atoms with Crippen molar-refractivity contribution in [1.82, 2.24) is 4.90 Å². The molecule has 0 radical (unpaired) electrons. The van der Waals surface area contributed by atoms with Crippen molar-refractivity contribution in [2.75, 3.05) is 19.6 Å². The number of piperidine rings is 1. The smallest absolute Gasteiger partial charge is 0.0130 e. The van der Waals surface area contributed by atoms with Crippen molar-refractivity contribution in [3.05, 3.63) is 70.3 Å². The number of likely N-dealkylation sites (tertiary alicyclic amines) is 1. The molecule has 1 heterocycles. The maximum Gasteiger partial charge on any atom is 0.0130 e. The van der Waals surface area contributed by atoms with E-state index >= 15 is 0 Å². The van der Waals surface area contributed by atoms with Gasteiger partial charge in [0, 0.05) is 18.4 Å². The van der Waals surface area contributed by atoms with Gasteiger partial charge in [0.05, 0.1) is 0 Å². The van der Waals surface area contributed by atoms with E-state index in [-0.39, 0.29) is 0 Å². The molecule has 2 aliphatic rings. The first kappa shape index (κ1) is 15.0. The van der Waals surface area contributed by atoms with E-state index in [4.69, 9.17) is 0 Å². The van der Waals surface area contributed by atoms with Crippen molar-refractivity contribution >= 4 is 0 Å². The normalized spacial score (nSPS) is 26.8. The van der Waals surface area contributed by atoms with Crippen molar-refractivity contribution < 1.29 is 0 Å². The molecule has 1 aliphatic carbocycles. The van der Waals surface area contributed by atoms with E-state index in [0.29, 0.717) is 11.8 Å². The van der Waals surface area contributed by atoms with Gasteiger partial charge in [0.2, 0.25) is 0 Å². The van der Waals surface area contributed by atoms with Gasteiger partial charge in [-0.05, 0) is 61.5 Å². The Balaban J connectivity index is 1.84. The van der Waals surface area contributed by atoms with Crippen molar-refractivity contribution in [3.63, 3.8) is 0 Å². The zero-order chi connectivity index (χ0) is 16.0. The van der Waals surface area contributed by atoms with Crippen molar-refractivity contribution in [1.29, 1.82) is 0 Å². The van der Waals surface area contributed by atoms with Crippen LogP contribution in [0.1, 0.15) is 53.0 Å². The molecule has 1 saturated heterocycles. The van der Waals surface area contributed by atoms with Gasteiger partial charge in [-0.3, -0.25) is 0 Å². The molecule has 120 valence electrons. The summed E-state index contributed by atoms with van der Waals surface area (Å²) >= 11 is 0. The van der Waals surface area contributed by atoms with Gasteiger partial charge in [0.1, 0.15) is 0 Å². The monoisotopic (exact) mass is 305 g/mol. The van der Waals surface area contributed by atoms with Crippen LogP contribution in [0.4, 0.5) is 0 Å². The second kappa shape index (κ2) is 5.79. The Hall–Kier alpha value is -1.60. The Bertz CT molecular complexity index is 718. The van der Waals surface area contributed by atoms with Crippen molar-refractivity contribution in [2.24, 2.45) is 5.92 Å². The van der Waals surface area contributed by atoms with Crippen LogP contribution in [0.2, 0.25) is 0 Å². The first-order valence-electron chi connectivity index (χ1n) is 9.07. The summed E-state index contributed by atoms with van der Waals surface area (Å²) in [7, 11) is 0. The number of nitrogens with zero attached hydrogens (tertiary/aromatic N) is 1. The minimum absolute atomic E-state index is 0.593. The number of fused-ring (bicyclic) bond motifs is 3. The predicted molar refractivity (Wildman–Crippen MR) is 97.2 cm³/mol. The summed E-state index contributed by atoms with van der Waals surface area (Å²) in [4.78, 5) is 2.63. The molecule has 3 atom stereocenters. The largest absolute Gasteiger partial charge is 0.303 e. The molecule has 2 aromatic carbocycles. The van der Waals surface area contributed by atoms with Gasteiger partial charge in [-0.1, -0.05) is 55.0 Å². The van der Waals surface area contributed by atoms with Crippen LogP contribution in [0.5, 0.6) is 0 Å². The lowest BCUT2D eigenvalue weighted by atomic mass is 9.77. The summed E-state index contributed by atoms with van der Waals surface area (Å²) in [6, 6.07) is 16.2. The molecule has 1 heteroatoms. The zero-order valence-corrected chi connectivity index (χ0v) is 14.5. The number of likely N-dealkylation sites (N-methyl/N-ethyl adjacent to an activating group) is 1. The van der Waals surface area contributed by atoms with Crippen LogP contribution >= 0.6 is 0 Å². The Kier molecular flexibility index (Phi) is 3.77. The minimum atomic E-state index is 0.593. The number of hydrogen-bond donors (Lipinski definition) is 0. The molecule has 0 saturated carbocycles. The number of aryl methyl sites for hydroxylation is 2. The third-order valence-corrected chi connectivity index (χ3v) is 6.13. The molecule has 0 aromatic heterocycles. The van der Waals surface area contributed by atoms with Crippen LogP contribution in [-0.2, 0) is 0 Å². The van der Waals surface area contributed by atoms with Crippen LogP contribution in [0, 0.1) is 19.8 Å². The highest BCUT2D eigenvalue weighted by molar-refractivity contribution is 5.50. The zero-order valence-electron chi connectivity index (χ0n) is 14.5. The predicted octanol–water partition coefficient (Wildman–Crippen LogP) is 4.87. The van der Waals surface area contributed by atoms with Crippen LogP contribution < -0.4 is 0 Å². The maximum atomic E-state index is 2.63. The summed E-state index contributed by atoms with van der Waals surface area (Å²) in [6.07, 6.45) is 1.32. The first-order valence-corrected chi connectivity index (χ1v) is 9.07. The van der Waals surface area contributed by atoms with Gasteiger partial charge < -0.3 is 4.90 Å². The molecule has 0 unspecified atom stereocenters. The minimum Gasteiger partial charge on any atom is -0.303 e. The summed E-state index contributed by atoms with van der Waals surface area (Å²) < 4.78 is 0. The van der Waals surface area contributed by atoms with E-state index in [1.807, 2.05) is 0 Å². The Morgan fingerprint density at radius 3 is 2.61 bits per heavy atom. The molecular formula is C22H27N. The third-order valence-electron chi connectivity index (χ3n) is 6.13. The summed E-state index contributed by atoms with van der Waals surface area (Å²) in [5.74, 6) is 2.08. The number of rotatable bonds is 2. The SMILES string of the molecule is CCN1CC[C@H]2[C@@H](c3ccccc3C)c3cc(C)ccc3[C@H]2C1. The van der Waals surface area contributed by atoms with Crippen LogP contribution in [-0.4, -0.2) is 24.5 Å². The summed E-state index contributed by atoms with van der Waals surface area (Å²) in [5.41, 5.74) is 7.62. The van der Waals surface area contributed by atoms with Gasteiger partial charge in [-0.2, -0.15) is 0 Å². The lowest BCUT2D eigenvalue weighted by molar-refractivity contribution is 0.167. The van der Waals surface area contributed by atoms with Crippen LogP contribution in [0.25, 0.3) is 0 Å². The van der Waals surface area contributed by atoms with E-state index in [2.05, 4.69) is 68.1 Å². The van der Waals surface area contributed by atoms with Gasteiger partial charge in [0.25, 0.3) is 0 Å². The molecule has 4 rings (SSSR count). The van der Waals surface area contributed by atoms with E-state index in [9.17, 15) is 0 Å². The van der Waals surface area contributed by atoms with E-state index in [1.165, 1.54) is 37.2 Å². The lowest BCUT2D eigenvalue weighted by Gasteiger charge is -2.37. The number of benzene rings is 2. The van der Waals surface area contributed by atoms with E-state index < -0.39 is 0 Å². The highest BCUT2D eigenvalue weighted by Gasteiger charge is 2.44. The molecular weight excluding hydrogens is 278 g/mol. The summed E-state index contributed by atoms with van der Waals surface area (Å²) in [6.45, 7) is 10.5. The summed E-state index contributed by atoms with van der Waals surface area (Å²) in [5, 5.41) is 0. The topological polar surface area (TPSA) is 3.24 Å². The van der Waals surface area contributed by atoms with Gasteiger partial charge in [-0.25, -0.2) is 0 Å². The molecule has 0 amide bonds. The second-order valence-corrected chi connectivity index (χ2v) is 7.42. The maximum absolute atomic E-state index is 2.63. The van der Waals surface area contributed by atoms with Crippen molar-refractivity contribution in [3.8, 4) is 0 Å². The molecule has 1 fully saturated rings. The Labute approximate surface area is 140 Å². The Morgan fingerprint density at radius 1 is 1.00 bits per heavy atom. The second-order valence-electron chi connectivity index (χ2n) is 7.42. The highest BCUT2D eigenvalue weighted by atomic mass is 15.1. The molecule has 2 aromatic rings. The molecule has 0 spiro atoms. The van der Waals surface area contributed by atoms with Crippen molar-refractivity contribution in [2.45, 2.75) is 39.0 Å². The van der Waals surface area contributed by atoms with Gasteiger partial charge >= 0.3 is 0 Å². The Morgan fingerprint density at radius 2 is 1.83 bits per heavy atom. The quantitative estimate of drug-likeness (QED) is 0.765. The molecule has 23 heavy (non-hydrogen) atoms. The van der Waals surface area contributed by atoms with E-state index in [1.54, 1.807) is 16.7 Å². The average Bonchev–Trinajstić information content (AvgIpc) is 2.88. The first-order chi connectivity index (χ1) is 11.2. The van der Waals surface area contributed by atoms with Crippen LogP contribution in [0.3, 0.4) is 0 Å². The molecule has 0 N–H and O–H groups in total. The molecule has 1 aliphatic heterocycles. The fourth-order valence-electron chi connectivity index (χ4n) is 4.92. The average molecular weight is 305 g/mol. The highest BCUT2D eigenvalue weighted by Crippen LogP contribution is 2.53. The molecule has 0 bridgehead atoms. The fourth-order valence-corrected chi connectivity index (χ4v) is 4.92. The van der Waals surface area contributed by atoms with Gasteiger partial charge in [-0.15, -0.1) is 0 Å². The molecule has 1 nitrogen and oxygen atoms in total. The van der Waals surface area contributed by atoms with E-state index in [0.717, 1.165) is 5.92 Å². The number of hydrogen-bond acceptors (Lipinski definition) is 1. The van der Waals surface area contributed by atoms with Gasteiger partial charge in [0.15, 0.2) is 0 Å². The van der Waals surface area contributed by atoms with Crippen LogP contribution in [0.15, 0.2) is 42.5 Å². The third kappa shape index (κ3) is 2.42. The fraction of sp³-hybridized carbons (Fsp3) is 0.455. The lowest BCUT2D eigenvalue weighted by Crippen LogP contribution is -2.38.